The van der Waals surface area contributed by atoms with Crippen molar-refractivity contribution in [1.29, 1.82) is 0 Å². The summed E-state index contributed by atoms with van der Waals surface area (Å²) in [5.74, 6) is -0.500. The molecule has 0 amide bonds. The summed E-state index contributed by atoms with van der Waals surface area (Å²) in [6.07, 6.45) is 25.4. The number of esters is 1. The maximum atomic E-state index is 12.9. The van der Waals surface area contributed by atoms with Crippen LogP contribution in [0.25, 0.3) is 0 Å². The summed E-state index contributed by atoms with van der Waals surface area (Å²) in [6.45, 7) is 15.4. The summed E-state index contributed by atoms with van der Waals surface area (Å²) in [6, 6.07) is 0. The number of rotatable bonds is 18. The van der Waals surface area contributed by atoms with Gasteiger partial charge in [-0.1, -0.05) is 156 Å². The zero-order valence-electron chi connectivity index (χ0n) is 25.1. The molecule has 0 saturated carbocycles. The second kappa shape index (κ2) is 16.7. The number of ether oxygens (including phenoxy) is 1. The number of hydrogen-bond acceptors (Lipinski definition) is 3. The van der Waals surface area contributed by atoms with Crippen LogP contribution >= 0.6 is 0 Å². The van der Waals surface area contributed by atoms with E-state index < -0.39 is 11.6 Å². The summed E-state index contributed by atoms with van der Waals surface area (Å²) < 4.78 is 5.56. The van der Waals surface area contributed by atoms with Gasteiger partial charge in [-0.2, -0.15) is 0 Å². The largest absolute Gasteiger partial charge is 0.463 e. The van der Waals surface area contributed by atoms with Crippen LogP contribution in [0.1, 0.15) is 158 Å². The molecule has 0 aliphatic heterocycles. The van der Waals surface area contributed by atoms with Crippen LogP contribution in [-0.4, -0.2) is 23.3 Å². The van der Waals surface area contributed by atoms with Gasteiger partial charge in [-0.05, 0) is 28.9 Å². The molecule has 0 fully saturated rings. The Kier molecular flexibility index (Phi) is 15.3. The number of unbranched alkanes of at least 4 members (excludes halogenated alkanes) is 15. The highest BCUT2D eigenvalue weighted by atomic mass is 16.5. The standard InChI is InChI=1S/C33H60O3/c1-8-9-10-11-12-13-14-15-16-17-18-19-20-21-22-23-24-36-30(34)33(35)26-28(31(2,3)4)25-29(27-33)32(5,6)7/h25-26,35H,8-24,27H2,1-7H3. The van der Waals surface area contributed by atoms with Gasteiger partial charge in [-0.3, -0.25) is 0 Å². The first-order valence-electron chi connectivity index (χ1n) is 15.2. The Morgan fingerprint density at radius 2 is 1.17 bits per heavy atom. The fraction of sp³-hybridized carbons (Fsp3) is 0.848. The molecule has 0 saturated heterocycles. The highest BCUT2D eigenvalue weighted by Crippen LogP contribution is 2.42. The Bertz CT molecular complexity index is 674. The minimum Gasteiger partial charge on any atom is -0.463 e. The average molecular weight is 505 g/mol. The van der Waals surface area contributed by atoms with Gasteiger partial charge in [0.25, 0.3) is 0 Å². The SMILES string of the molecule is CCCCCCCCCCCCCCCCCCOC(=O)C1(O)C=C(C(C)(C)C)C=C(C(C)(C)C)C1. The van der Waals surface area contributed by atoms with E-state index in [9.17, 15) is 9.90 Å². The molecule has 36 heavy (non-hydrogen) atoms. The molecule has 1 N–H and O–H groups in total. The number of carbonyl (C=O) groups excluding carboxylic acids is 1. The van der Waals surface area contributed by atoms with Gasteiger partial charge in [0.1, 0.15) is 0 Å². The second-order valence-electron chi connectivity index (χ2n) is 13.3. The summed E-state index contributed by atoms with van der Waals surface area (Å²) in [5.41, 5.74) is 0.290. The number of aliphatic hydroxyl groups is 1. The third-order valence-corrected chi connectivity index (χ3v) is 7.60. The zero-order chi connectivity index (χ0) is 27.1. The average Bonchev–Trinajstić information content (AvgIpc) is 2.79. The van der Waals surface area contributed by atoms with Crippen molar-refractivity contribution in [2.45, 2.75) is 163 Å². The predicted octanol–water partition coefficient (Wildman–Crippen LogP) is 9.87. The third kappa shape index (κ3) is 13.5. The number of hydrogen-bond donors (Lipinski definition) is 1. The molecule has 1 unspecified atom stereocenters. The quantitative estimate of drug-likeness (QED) is 0.149. The van der Waals surface area contributed by atoms with Crippen molar-refractivity contribution >= 4 is 5.97 Å². The first-order valence-corrected chi connectivity index (χ1v) is 15.2. The highest BCUT2D eigenvalue weighted by molar-refractivity contribution is 5.83. The van der Waals surface area contributed by atoms with E-state index in [1.165, 1.54) is 89.9 Å². The zero-order valence-corrected chi connectivity index (χ0v) is 25.1. The molecule has 3 heteroatoms. The molecule has 0 aromatic rings. The minimum absolute atomic E-state index is 0.104. The highest BCUT2D eigenvalue weighted by Gasteiger charge is 2.42. The van der Waals surface area contributed by atoms with Gasteiger partial charge in [0.15, 0.2) is 5.60 Å². The van der Waals surface area contributed by atoms with Gasteiger partial charge in [-0.25, -0.2) is 4.79 Å². The topological polar surface area (TPSA) is 46.5 Å². The fourth-order valence-electron chi connectivity index (χ4n) is 4.86. The second-order valence-corrected chi connectivity index (χ2v) is 13.3. The summed E-state index contributed by atoms with van der Waals surface area (Å²) in [4.78, 5) is 12.9. The van der Waals surface area contributed by atoms with Gasteiger partial charge in [0, 0.05) is 6.42 Å². The Labute approximate surface area is 224 Å². The van der Waals surface area contributed by atoms with E-state index in [4.69, 9.17) is 4.74 Å². The normalized spacial score (nSPS) is 18.7. The molecule has 0 aromatic heterocycles. The molecule has 1 atom stereocenters. The van der Waals surface area contributed by atoms with Crippen LogP contribution in [0.15, 0.2) is 23.3 Å². The van der Waals surface area contributed by atoms with Crippen LogP contribution in [0.3, 0.4) is 0 Å². The van der Waals surface area contributed by atoms with Gasteiger partial charge in [0.2, 0.25) is 0 Å². The smallest absolute Gasteiger partial charge is 0.342 e. The monoisotopic (exact) mass is 504 g/mol. The summed E-state index contributed by atoms with van der Waals surface area (Å²) in [7, 11) is 0. The van der Waals surface area contributed by atoms with Crippen molar-refractivity contribution in [3.8, 4) is 0 Å². The first kappa shape index (κ1) is 32.9. The molecule has 3 nitrogen and oxygen atoms in total. The molecule has 1 aliphatic carbocycles. The molecule has 0 spiro atoms. The van der Waals surface area contributed by atoms with Crippen molar-refractivity contribution in [3.05, 3.63) is 23.3 Å². The van der Waals surface area contributed by atoms with E-state index in [1.807, 2.05) is 0 Å². The van der Waals surface area contributed by atoms with Gasteiger partial charge in [-0.15, -0.1) is 0 Å². The van der Waals surface area contributed by atoms with Gasteiger partial charge < -0.3 is 9.84 Å². The lowest BCUT2D eigenvalue weighted by Crippen LogP contribution is -2.42. The van der Waals surface area contributed by atoms with Crippen LogP contribution in [0.5, 0.6) is 0 Å². The van der Waals surface area contributed by atoms with Gasteiger partial charge >= 0.3 is 5.97 Å². The Balaban J connectivity index is 2.16. The fourth-order valence-corrected chi connectivity index (χ4v) is 4.86. The molecular weight excluding hydrogens is 444 g/mol. The van der Waals surface area contributed by atoms with Crippen molar-refractivity contribution < 1.29 is 14.6 Å². The maximum absolute atomic E-state index is 12.9. The van der Waals surface area contributed by atoms with Crippen molar-refractivity contribution in [2.24, 2.45) is 10.8 Å². The molecule has 0 aromatic carbocycles. The molecule has 0 radical (unpaired) electrons. The molecule has 1 aliphatic rings. The Morgan fingerprint density at radius 3 is 1.56 bits per heavy atom. The van der Waals surface area contributed by atoms with E-state index in [0.717, 1.165) is 24.0 Å². The number of allylic oxidation sites excluding steroid dienone is 2. The van der Waals surface area contributed by atoms with E-state index in [1.54, 1.807) is 6.08 Å². The van der Waals surface area contributed by atoms with E-state index >= 15 is 0 Å². The van der Waals surface area contributed by atoms with E-state index in [0.29, 0.717) is 13.0 Å². The summed E-state index contributed by atoms with van der Waals surface area (Å²) >= 11 is 0. The third-order valence-electron chi connectivity index (χ3n) is 7.60. The van der Waals surface area contributed by atoms with Crippen LogP contribution in [0, 0.1) is 10.8 Å². The van der Waals surface area contributed by atoms with E-state index in [2.05, 4.69) is 54.5 Å². The lowest BCUT2D eigenvalue weighted by Gasteiger charge is -2.37. The minimum atomic E-state index is -1.56. The molecule has 210 valence electrons. The van der Waals surface area contributed by atoms with Crippen molar-refractivity contribution in [2.75, 3.05) is 6.61 Å². The maximum Gasteiger partial charge on any atom is 0.342 e. The van der Waals surface area contributed by atoms with Crippen LogP contribution < -0.4 is 0 Å². The Morgan fingerprint density at radius 1 is 0.750 bits per heavy atom. The first-order chi connectivity index (χ1) is 16.9. The molecule has 1 rings (SSSR count). The van der Waals surface area contributed by atoms with Crippen LogP contribution in [0.4, 0.5) is 0 Å². The lowest BCUT2D eigenvalue weighted by atomic mass is 9.71. The molecule has 0 heterocycles. The van der Waals surface area contributed by atoms with Crippen LogP contribution in [0.2, 0.25) is 0 Å². The van der Waals surface area contributed by atoms with Crippen molar-refractivity contribution in [3.63, 3.8) is 0 Å². The van der Waals surface area contributed by atoms with E-state index in [-0.39, 0.29) is 10.8 Å². The van der Waals surface area contributed by atoms with Gasteiger partial charge in [0.05, 0.1) is 6.61 Å². The molecule has 0 bridgehead atoms. The molecular formula is C33H60O3. The number of carbonyl (C=O) groups is 1. The predicted molar refractivity (Wildman–Crippen MR) is 155 cm³/mol. The van der Waals surface area contributed by atoms with Crippen molar-refractivity contribution in [1.82, 2.24) is 0 Å². The lowest BCUT2D eigenvalue weighted by molar-refractivity contribution is -0.160. The Hall–Kier alpha value is -1.09. The summed E-state index contributed by atoms with van der Waals surface area (Å²) in [5, 5.41) is 11.3. The van der Waals surface area contributed by atoms with Crippen LogP contribution in [-0.2, 0) is 9.53 Å².